The molecule has 2 rings (SSSR count). The van der Waals surface area contributed by atoms with E-state index in [4.69, 9.17) is 9.47 Å². The second-order valence-electron chi connectivity index (χ2n) is 4.59. The van der Waals surface area contributed by atoms with E-state index >= 15 is 0 Å². The van der Waals surface area contributed by atoms with Crippen LogP contribution < -0.4 is 10.1 Å². The van der Waals surface area contributed by atoms with Gasteiger partial charge in [-0.1, -0.05) is 12.1 Å². The van der Waals surface area contributed by atoms with Crippen LogP contribution in [0.3, 0.4) is 0 Å². The molecule has 1 saturated heterocycles. The standard InChI is InChI=1S/C14H17NO5/c1-10(16)14(9-15-6-7-20-14)13(18)8-19-12-5-3-2-4-11(12)17/h2-5,15,17H,6-9H2,1H3. The summed E-state index contributed by atoms with van der Waals surface area (Å²) in [6.45, 7) is 2.03. The Morgan fingerprint density at radius 2 is 2.20 bits per heavy atom. The van der Waals surface area contributed by atoms with Crippen LogP contribution in [-0.2, 0) is 14.3 Å². The topological polar surface area (TPSA) is 84.9 Å². The van der Waals surface area contributed by atoms with E-state index in [-0.39, 0.29) is 30.4 Å². The van der Waals surface area contributed by atoms with E-state index < -0.39 is 11.4 Å². The molecular weight excluding hydrogens is 262 g/mol. The lowest BCUT2D eigenvalue weighted by atomic mass is 9.92. The van der Waals surface area contributed by atoms with Gasteiger partial charge in [-0.25, -0.2) is 0 Å². The van der Waals surface area contributed by atoms with E-state index in [1.54, 1.807) is 18.2 Å². The van der Waals surface area contributed by atoms with Gasteiger partial charge in [0.2, 0.25) is 5.78 Å². The summed E-state index contributed by atoms with van der Waals surface area (Å²) in [5.41, 5.74) is -1.48. The van der Waals surface area contributed by atoms with Gasteiger partial charge < -0.3 is 19.9 Å². The Labute approximate surface area is 116 Å². The lowest BCUT2D eigenvalue weighted by Gasteiger charge is -2.33. The fourth-order valence-electron chi connectivity index (χ4n) is 2.05. The van der Waals surface area contributed by atoms with Crippen LogP contribution in [0, 0.1) is 0 Å². The number of para-hydroxylation sites is 2. The zero-order valence-corrected chi connectivity index (χ0v) is 11.2. The number of rotatable bonds is 5. The number of phenolic OH excluding ortho intramolecular Hbond substituents is 1. The van der Waals surface area contributed by atoms with Gasteiger partial charge in [0.25, 0.3) is 0 Å². The summed E-state index contributed by atoms with van der Waals surface area (Å²) in [5.74, 6) is -0.667. The number of aromatic hydroxyl groups is 1. The van der Waals surface area contributed by atoms with Crippen LogP contribution >= 0.6 is 0 Å². The predicted molar refractivity (Wildman–Crippen MR) is 70.8 cm³/mol. The third-order valence-corrected chi connectivity index (χ3v) is 3.24. The molecule has 1 fully saturated rings. The number of phenols is 1. The molecule has 108 valence electrons. The third-order valence-electron chi connectivity index (χ3n) is 3.24. The molecule has 1 aromatic carbocycles. The molecule has 0 amide bonds. The molecule has 0 aromatic heterocycles. The van der Waals surface area contributed by atoms with Crippen molar-refractivity contribution in [1.82, 2.24) is 5.32 Å². The van der Waals surface area contributed by atoms with Crippen molar-refractivity contribution in [3.63, 3.8) is 0 Å². The zero-order valence-electron chi connectivity index (χ0n) is 11.2. The van der Waals surface area contributed by atoms with Crippen LogP contribution in [0.4, 0.5) is 0 Å². The average molecular weight is 279 g/mol. The van der Waals surface area contributed by atoms with Crippen molar-refractivity contribution < 1.29 is 24.2 Å². The number of Topliss-reactive ketones (excluding diaryl/α,β-unsaturated/α-hetero) is 2. The van der Waals surface area contributed by atoms with Gasteiger partial charge in [-0.2, -0.15) is 0 Å². The molecule has 6 heteroatoms. The normalized spacial score (nSPS) is 22.2. The minimum absolute atomic E-state index is 0.0557. The molecule has 0 saturated carbocycles. The Hall–Kier alpha value is -1.92. The third kappa shape index (κ3) is 2.81. The van der Waals surface area contributed by atoms with Gasteiger partial charge in [0.15, 0.2) is 29.5 Å². The fourth-order valence-corrected chi connectivity index (χ4v) is 2.05. The first-order valence-corrected chi connectivity index (χ1v) is 6.36. The number of hydrogen-bond donors (Lipinski definition) is 2. The maximum absolute atomic E-state index is 12.3. The number of hydrogen-bond acceptors (Lipinski definition) is 6. The summed E-state index contributed by atoms with van der Waals surface area (Å²) in [7, 11) is 0. The minimum Gasteiger partial charge on any atom is -0.504 e. The number of ketones is 2. The molecule has 1 atom stereocenters. The van der Waals surface area contributed by atoms with Crippen molar-refractivity contribution in [3.8, 4) is 11.5 Å². The van der Waals surface area contributed by atoms with E-state index in [9.17, 15) is 14.7 Å². The van der Waals surface area contributed by atoms with Crippen molar-refractivity contribution in [2.45, 2.75) is 12.5 Å². The molecule has 0 spiro atoms. The Kier molecular flexibility index (Phi) is 4.36. The number of morpholine rings is 1. The second-order valence-corrected chi connectivity index (χ2v) is 4.59. The number of ether oxygens (including phenoxy) is 2. The zero-order chi connectivity index (χ0) is 14.6. The lowest BCUT2D eigenvalue weighted by Crippen LogP contribution is -2.60. The maximum atomic E-state index is 12.3. The molecule has 2 N–H and O–H groups in total. The van der Waals surface area contributed by atoms with E-state index in [1.165, 1.54) is 13.0 Å². The van der Waals surface area contributed by atoms with E-state index in [2.05, 4.69) is 5.32 Å². The molecular formula is C14H17NO5. The molecule has 1 aliphatic rings. The summed E-state index contributed by atoms with van der Waals surface area (Å²) in [4.78, 5) is 24.0. The fraction of sp³-hybridized carbons (Fsp3) is 0.429. The van der Waals surface area contributed by atoms with Gasteiger partial charge >= 0.3 is 0 Å². The van der Waals surface area contributed by atoms with Gasteiger partial charge in [-0.3, -0.25) is 9.59 Å². The average Bonchev–Trinajstić information content (AvgIpc) is 2.46. The monoisotopic (exact) mass is 279 g/mol. The highest BCUT2D eigenvalue weighted by atomic mass is 16.5. The van der Waals surface area contributed by atoms with Crippen LogP contribution in [0.2, 0.25) is 0 Å². The molecule has 1 heterocycles. The van der Waals surface area contributed by atoms with Crippen molar-refractivity contribution in [2.75, 3.05) is 26.3 Å². The predicted octanol–water partition coefficient (Wildman–Crippen LogP) is 0.288. The summed E-state index contributed by atoms with van der Waals surface area (Å²) in [6, 6.07) is 6.33. The number of nitrogens with one attached hydrogen (secondary N) is 1. The van der Waals surface area contributed by atoms with Gasteiger partial charge in [0.05, 0.1) is 6.61 Å². The molecule has 0 radical (unpaired) electrons. The van der Waals surface area contributed by atoms with E-state index in [0.29, 0.717) is 13.2 Å². The summed E-state index contributed by atoms with van der Waals surface area (Å²) in [6.07, 6.45) is 0. The molecule has 1 aliphatic heterocycles. The Morgan fingerprint density at radius 3 is 2.80 bits per heavy atom. The number of carbonyl (C=O) groups excluding carboxylic acids is 2. The van der Waals surface area contributed by atoms with Crippen LogP contribution in [0.15, 0.2) is 24.3 Å². The highest BCUT2D eigenvalue weighted by Gasteiger charge is 2.45. The minimum atomic E-state index is -1.48. The van der Waals surface area contributed by atoms with Crippen molar-refractivity contribution >= 4 is 11.6 Å². The Bertz CT molecular complexity index is 508. The molecule has 0 aliphatic carbocycles. The number of benzene rings is 1. The first-order valence-electron chi connectivity index (χ1n) is 6.36. The largest absolute Gasteiger partial charge is 0.504 e. The quantitative estimate of drug-likeness (QED) is 0.753. The van der Waals surface area contributed by atoms with E-state index in [0.717, 1.165) is 0 Å². The first-order chi connectivity index (χ1) is 9.56. The van der Waals surface area contributed by atoms with E-state index in [1.807, 2.05) is 0 Å². The summed E-state index contributed by atoms with van der Waals surface area (Å²) >= 11 is 0. The highest BCUT2D eigenvalue weighted by Crippen LogP contribution is 2.25. The SMILES string of the molecule is CC(=O)C1(C(=O)COc2ccccc2O)CNCCO1. The van der Waals surface area contributed by atoms with Crippen molar-refractivity contribution in [1.29, 1.82) is 0 Å². The Morgan fingerprint density at radius 1 is 1.45 bits per heavy atom. The lowest BCUT2D eigenvalue weighted by molar-refractivity contribution is -0.161. The van der Waals surface area contributed by atoms with Crippen LogP contribution in [0.25, 0.3) is 0 Å². The van der Waals surface area contributed by atoms with Crippen molar-refractivity contribution in [3.05, 3.63) is 24.3 Å². The summed E-state index contributed by atoms with van der Waals surface area (Å²) < 4.78 is 10.7. The second kappa shape index (κ2) is 6.02. The van der Waals surface area contributed by atoms with Crippen LogP contribution in [0.1, 0.15) is 6.92 Å². The molecule has 1 unspecified atom stereocenters. The first kappa shape index (κ1) is 14.5. The molecule has 6 nitrogen and oxygen atoms in total. The van der Waals surface area contributed by atoms with Gasteiger partial charge in [0.1, 0.15) is 0 Å². The van der Waals surface area contributed by atoms with Crippen molar-refractivity contribution in [2.24, 2.45) is 0 Å². The smallest absolute Gasteiger partial charge is 0.210 e. The number of carbonyl (C=O) groups is 2. The van der Waals surface area contributed by atoms with Crippen LogP contribution in [0.5, 0.6) is 11.5 Å². The van der Waals surface area contributed by atoms with Crippen LogP contribution in [-0.4, -0.2) is 48.6 Å². The molecule has 0 bridgehead atoms. The van der Waals surface area contributed by atoms with Gasteiger partial charge in [-0.15, -0.1) is 0 Å². The summed E-state index contributed by atoms with van der Waals surface area (Å²) in [5, 5.41) is 12.5. The Balaban J connectivity index is 2.06. The van der Waals surface area contributed by atoms with Gasteiger partial charge in [-0.05, 0) is 19.1 Å². The molecule has 20 heavy (non-hydrogen) atoms. The molecule has 1 aromatic rings. The highest BCUT2D eigenvalue weighted by molar-refractivity contribution is 6.10. The van der Waals surface area contributed by atoms with Gasteiger partial charge in [0, 0.05) is 13.1 Å². The maximum Gasteiger partial charge on any atom is 0.210 e.